The van der Waals surface area contributed by atoms with Gasteiger partial charge in [-0.25, -0.2) is 0 Å². The van der Waals surface area contributed by atoms with Gasteiger partial charge in [0.05, 0.1) is 0 Å². The molecule has 0 spiro atoms. The highest BCUT2D eigenvalue weighted by Crippen LogP contribution is 2.31. The summed E-state index contributed by atoms with van der Waals surface area (Å²) in [5.74, 6) is -0.805. The minimum Gasteiger partial charge on any atom is -0.349 e. The van der Waals surface area contributed by atoms with Crippen LogP contribution in [0.25, 0.3) is 0 Å². The molecule has 3 rings (SSSR count). The molecule has 7 nitrogen and oxygen atoms in total. The van der Waals surface area contributed by atoms with Crippen molar-refractivity contribution in [2.24, 2.45) is 0 Å². The van der Waals surface area contributed by atoms with Crippen LogP contribution in [0.3, 0.4) is 0 Å². The lowest BCUT2D eigenvalue weighted by molar-refractivity contribution is -0.123. The molecular weight excluding hydrogens is 410 g/mol. The first-order chi connectivity index (χ1) is 13.8. The lowest BCUT2D eigenvalue weighted by atomic mass is 10.0. The summed E-state index contributed by atoms with van der Waals surface area (Å²) in [6, 6.07) is 9.27. The Kier molecular flexibility index (Phi) is 6.24. The second kappa shape index (κ2) is 8.67. The van der Waals surface area contributed by atoms with Gasteiger partial charge in [0.15, 0.2) is 5.69 Å². The largest absolute Gasteiger partial charge is 0.349 e. The summed E-state index contributed by atoms with van der Waals surface area (Å²) in [5, 5.41) is 8.83. The Morgan fingerprint density at radius 1 is 1.21 bits per heavy atom. The summed E-state index contributed by atoms with van der Waals surface area (Å²) in [5.41, 5.74) is 0.676. The number of benzene rings is 1. The zero-order valence-electron chi connectivity index (χ0n) is 16.2. The topological polar surface area (TPSA) is 88.1 Å². The maximum atomic E-state index is 13.4. The molecule has 0 aliphatic heterocycles. The van der Waals surface area contributed by atoms with Gasteiger partial charge in [0.25, 0.3) is 5.91 Å². The summed E-state index contributed by atoms with van der Waals surface area (Å²) in [6.07, 6.45) is 3.18. The molecule has 0 fully saturated rings. The first-order valence-corrected chi connectivity index (χ1v) is 10.1. The molecule has 0 bridgehead atoms. The van der Waals surface area contributed by atoms with Gasteiger partial charge >= 0.3 is 0 Å². The maximum Gasteiger partial charge on any atom is 0.280 e. The Bertz CT molecular complexity index is 990. The average molecular weight is 430 g/mol. The van der Waals surface area contributed by atoms with Gasteiger partial charge in [-0.15, -0.1) is 5.10 Å². The van der Waals surface area contributed by atoms with Crippen molar-refractivity contribution < 1.29 is 9.59 Å². The van der Waals surface area contributed by atoms with Crippen LogP contribution < -0.4 is 10.2 Å². The van der Waals surface area contributed by atoms with Crippen molar-refractivity contribution >= 4 is 40.6 Å². The number of rotatable bonds is 5. The molecule has 2 amide bonds. The smallest absolute Gasteiger partial charge is 0.280 e. The third-order valence-corrected chi connectivity index (χ3v) is 4.63. The zero-order chi connectivity index (χ0) is 21.0. The average Bonchev–Trinajstić information content (AvgIpc) is 3.19. The van der Waals surface area contributed by atoms with E-state index in [0.717, 1.165) is 11.5 Å². The van der Waals surface area contributed by atoms with Gasteiger partial charge < -0.3 is 5.32 Å². The Morgan fingerprint density at radius 3 is 2.59 bits per heavy atom. The molecule has 9 heteroatoms. The van der Waals surface area contributed by atoms with Crippen molar-refractivity contribution in [2.45, 2.75) is 32.4 Å². The van der Waals surface area contributed by atoms with Crippen molar-refractivity contribution in [1.29, 1.82) is 0 Å². The van der Waals surface area contributed by atoms with E-state index in [-0.39, 0.29) is 11.6 Å². The standard InChI is InChI=1S/C20H20ClN5O2S/c1-20(2,3)23-18(27)17(13-6-5-9-22-11-13)26(15-8-4-7-14(21)10-15)19(28)16-12-29-25-24-16/h4-12,17H,1-3H3,(H,23,27)/t17-/m0/s1. The van der Waals surface area contributed by atoms with Gasteiger partial charge in [-0.3, -0.25) is 19.5 Å². The normalized spacial score (nSPS) is 12.3. The highest BCUT2D eigenvalue weighted by Gasteiger charge is 2.36. The number of halogens is 1. The maximum absolute atomic E-state index is 13.4. The zero-order valence-corrected chi connectivity index (χ0v) is 17.7. The van der Waals surface area contributed by atoms with Crippen LogP contribution >= 0.6 is 23.1 Å². The molecule has 29 heavy (non-hydrogen) atoms. The first kappa shape index (κ1) is 20.9. The Balaban J connectivity index is 2.16. The van der Waals surface area contributed by atoms with E-state index in [9.17, 15) is 9.59 Å². The highest BCUT2D eigenvalue weighted by atomic mass is 35.5. The number of pyridine rings is 1. The van der Waals surface area contributed by atoms with Gasteiger partial charge in [-0.1, -0.05) is 28.2 Å². The van der Waals surface area contributed by atoms with E-state index >= 15 is 0 Å². The predicted molar refractivity (Wildman–Crippen MR) is 113 cm³/mol. The van der Waals surface area contributed by atoms with Crippen molar-refractivity contribution in [3.63, 3.8) is 0 Å². The van der Waals surface area contributed by atoms with E-state index in [1.807, 2.05) is 20.8 Å². The lowest BCUT2D eigenvalue weighted by Gasteiger charge is -2.33. The van der Waals surface area contributed by atoms with Crippen LogP contribution in [0.4, 0.5) is 5.69 Å². The van der Waals surface area contributed by atoms with E-state index in [1.165, 1.54) is 4.90 Å². The summed E-state index contributed by atoms with van der Waals surface area (Å²) >= 11 is 7.24. The van der Waals surface area contributed by atoms with Gasteiger partial charge in [0.2, 0.25) is 5.91 Å². The SMILES string of the molecule is CC(C)(C)NC(=O)[C@H](c1cccnc1)N(C(=O)c1csnn1)c1cccc(Cl)c1. The van der Waals surface area contributed by atoms with E-state index < -0.39 is 17.5 Å². The second-order valence-corrected chi connectivity index (χ2v) is 8.42. The van der Waals surface area contributed by atoms with Gasteiger partial charge in [0, 0.05) is 39.6 Å². The van der Waals surface area contributed by atoms with Gasteiger partial charge in [-0.2, -0.15) is 0 Å². The van der Waals surface area contributed by atoms with Crippen LogP contribution in [-0.2, 0) is 4.79 Å². The van der Waals surface area contributed by atoms with Crippen molar-refractivity contribution in [1.82, 2.24) is 19.9 Å². The molecule has 0 radical (unpaired) electrons. The fourth-order valence-electron chi connectivity index (χ4n) is 2.78. The molecule has 2 aromatic heterocycles. The van der Waals surface area contributed by atoms with E-state index in [0.29, 0.717) is 16.3 Å². The van der Waals surface area contributed by atoms with Crippen LogP contribution in [0.15, 0.2) is 54.2 Å². The molecule has 1 N–H and O–H groups in total. The summed E-state index contributed by atoms with van der Waals surface area (Å²) in [7, 11) is 0. The minimum atomic E-state index is -0.976. The number of hydrogen-bond acceptors (Lipinski definition) is 6. The van der Waals surface area contributed by atoms with Crippen LogP contribution in [0, 0.1) is 0 Å². The number of carbonyl (C=O) groups excluding carboxylic acids is 2. The molecule has 2 heterocycles. The summed E-state index contributed by atoms with van der Waals surface area (Å²) < 4.78 is 3.78. The van der Waals surface area contributed by atoms with Crippen LogP contribution in [0.1, 0.15) is 42.9 Å². The third kappa shape index (κ3) is 5.16. The molecule has 1 atom stereocenters. The molecule has 0 saturated carbocycles. The Morgan fingerprint density at radius 2 is 2.00 bits per heavy atom. The number of anilines is 1. The fraction of sp³-hybridized carbons (Fsp3) is 0.250. The van der Waals surface area contributed by atoms with E-state index in [4.69, 9.17) is 11.6 Å². The molecule has 1 aromatic carbocycles. The number of aromatic nitrogens is 3. The molecule has 0 aliphatic carbocycles. The first-order valence-electron chi connectivity index (χ1n) is 8.84. The monoisotopic (exact) mass is 429 g/mol. The number of carbonyl (C=O) groups is 2. The number of hydrogen-bond donors (Lipinski definition) is 1. The van der Waals surface area contributed by atoms with Gasteiger partial charge in [0.1, 0.15) is 6.04 Å². The van der Waals surface area contributed by atoms with Crippen LogP contribution in [0.5, 0.6) is 0 Å². The van der Waals surface area contributed by atoms with Crippen LogP contribution in [-0.4, -0.2) is 31.9 Å². The molecule has 0 saturated heterocycles. The highest BCUT2D eigenvalue weighted by molar-refractivity contribution is 7.03. The molecule has 0 unspecified atom stereocenters. The van der Waals surface area contributed by atoms with Crippen molar-refractivity contribution in [3.05, 3.63) is 70.5 Å². The number of amides is 2. The third-order valence-electron chi connectivity index (χ3n) is 3.89. The number of nitrogens with zero attached hydrogens (tertiary/aromatic N) is 4. The number of nitrogens with one attached hydrogen (secondary N) is 1. The van der Waals surface area contributed by atoms with Crippen LogP contribution in [0.2, 0.25) is 5.02 Å². The molecule has 0 aliphatic rings. The Labute approximate surface area is 177 Å². The Hall–Kier alpha value is -2.84. The van der Waals surface area contributed by atoms with Crippen molar-refractivity contribution in [3.8, 4) is 0 Å². The second-order valence-electron chi connectivity index (χ2n) is 7.37. The summed E-state index contributed by atoms with van der Waals surface area (Å²) in [6.45, 7) is 5.63. The predicted octanol–water partition coefficient (Wildman–Crippen LogP) is 3.89. The molecule has 3 aromatic rings. The molecular formula is C20H20ClN5O2S. The minimum absolute atomic E-state index is 0.146. The quantitative estimate of drug-likeness (QED) is 0.664. The van der Waals surface area contributed by atoms with Crippen molar-refractivity contribution in [2.75, 3.05) is 4.90 Å². The molecule has 150 valence electrons. The van der Waals surface area contributed by atoms with E-state index in [1.54, 1.807) is 54.2 Å². The van der Waals surface area contributed by atoms with Gasteiger partial charge in [-0.05, 0) is 56.6 Å². The lowest BCUT2D eigenvalue weighted by Crippen LogP contribution is -2.49. The summed E-state index contributed by atoms with van der Waals surface area (Å²) in [4.78, 5) is 32.2. The fourth-order valence-corrected chi connectivity index (χ4v) is 3.40. The van der Waals surface area contributed by atoms with E-state index in [2.05, 4.69) is 19.9 Å².